The summed E-state index contributed by atoms with van der Waals surface area (Å²) in [6.07, 6.45) is -7.74. The van der Waals surface area contributed by atoms with Crippen LogP contribution in [-0.4, -0.2) is 42.3 Å². The lowest BCUT2D eigenvalue weighted by molar-refractivity contribution is -0.221. The van der Waals surface area contributed by atoms with E-state index >= 15 is 0 Å². The van der Waals surface area contributed by atoms with Crippen LogP contribution in [0.25, 0.3) is 0 Å². The Morgan fingerprint density at radius 2 is 1.91 bits per heavy atom. The first kappa shape index (κ1) is 23.4. The first-order valence-electron chi connectivity index (χ1n) is 9.26. The van der Waals surface area contributed by atoms with Crippen molar-refractivity contribution in [2.45, 2.75) is 31.2 Å². The Labute approximate surface area is 178 Å². The Hall–Kier alpha value is -3.28. The number of carbonyl (C=O) groups excluding carboxylic acids is 2. The number of anilines is 1. The number of hydrogen-bond donors (Lipinski definition) is 2. The Kier molecular flexibility index (Phi) is 6.35. The molecule has 4 atom stereocenters. The van der Waals surface area contributed by atoms with Gasteiger partial charge in [-0.25, -0.2) is 4.39 Å². The average molecular weight is 459 g/mol. The molecule has 0 aliphatic carbocycles. The molecule has 1 aliphatic rings. The first-order valence-corrected chi connectivity index (χ1v) is 9.26. The van der Waals surface area contributed by atoms with Crippen LogP contribution in [0.5, 0.6) is 5.75 Å². The number of nitrogens with zero attached hydrogens (tertiary/aromatic N) is 1. The van der Waals surface area contributed by atoms with Crippen molar-refractivity contribution >= 4 is 17.5 Å². The van der Waals surface area contributed by atoms with Crippen molar-refractivity contribution in [3.8, 4) is 5.75 Å². The van der Waals surface area contributed by atoms with Crippen LogP contribution in [-0.2, 0) is 9.53 Å². The number of pyridine rings is 1. The summed E-state index contributed by atoms with van der Waals surface area (Å²) >= 11 is 0. The molecule has 1 aliphatic heterocycles. The largest absolute Gasteiger partial charge is 0.493 e. The molecule has 0 bridgehead atoms. The number of amides is 2. The third-order valence-corrected chi connectivity index (χ3v) is 5.17. The van der Waals surface area contributed by atoms with Crippen LogP contribution in [0.1, 0.15) is 28.9 Å². The van der Waals surface area contributed by atoms with Crippen molar-refractivity contribution < 1.29 is 41.0 Å². The number of aromatic nitrogens is 1. The maximum Gasteiger partial charge on any atom is 0.414 e. The number of alkyl halides is 3. The molecule has 1 fully saturated rings. The number of primary amides is 1. The fraction of sp³-hybridized carbons (Fsp3) is 0.350. The van der Waals surface area contributed by atoms with Gasteiger partial charge in [0.2, 0.25) is 5.82 Å². The number of halogens is 5. The lowest BCUT2D eigenvalue weighted by Crippen LogP contribution is -2.35. The zero-order valence-electron chi connectivity index (χ0n) is 16.7. The van der Waals surface area contributed by atoms with E-state index in [0.717, 1.165) is 25.3 Å². The number of benzene rings is 1. The number of hydrogen-bond acceptors (Lipinski definition) is 5. The van der Waals surface area contributed by atoms with E-state index in [-0.39, 0.29) is 16.9 Å². The predicted molar refractivity (Wildman–Crippen MR) is 101 cm³/mol. The third-order valence-electron chi connectivity index (χ3n) is 5.17. The molecule has 1 aromatic carbocycles. The molecule has 0 radical (unpaired) electrons. The Morgan fingerprint density at radius 3 is 2.50 bits per heavy atom. The number of carbonyl (C=O) groups is 2. The normalized spacial score (nSPS) is 23.1. The minimum absolute atomic E-state index is 0.0292. The van der Waals surface area contributed by atoms with E-state index in [4.69, 9.17) is 15.2 Å². The van der Waals surface area contributed by atoms with Gasteiger partial charge in [-0.15, -0.1) is 0 Å². The maximum atomic E-state index is 14.3. The fourth-order valence-corrected chi connectivity index (χ4v) is 3.75. The highest BCUT2D eigenvalue weighted by Gasteiger charge is 2.57. The standard InChI is InChI=1S/C20H18F5N3O4/c1-8-13(10-3-4-11(21)14(22)15(10)31-2)16(32-17(8)20(23,24)25)19(30)28-9-5-6-27-12(7-9)18(26)29/h3-8,13,16-17H,1-2H3,(H2,26,29)(H,27,28,30)/t8-,13+,16-,17-/m0/s1. The highest BCUT2D eigenvalue weighted by Crippen LogP contribution is 2.49. The second-order valence-corrected chi connectivity index (χ2v) is 7.17. The molecule has 0 spiro atoms. The Morgan fingerprint density at radius 1 is 1.22 bits per heavy atom. The van der Waals surface area contributed by atoms with Crippen molar-refractivity contribution in [3.63, 3.8) is 0 Å². The summed E-state index contributed by atoms with van der Waals surface area (Å²) in [4.78, 5) is 27.9. The number of ether oxygens (including phenoxy) is 2. The smallest absolute Gasteiger partial charge is 0.414 e. The summed E-state index contributed by atoms with van der Waals surface area (Å²) in [7, 11) is 1.03. The van der Waals surface area contributed by atoms with E-state index in [2.05, 4.69) is 10.3 Å². The number of nitrogens with one attached hydrogen (secondary N) is 1. The second-order valence-electron chi connectivity index (χ2n) is 7.17. The topological polar surface area (TPSA) is 104 Å². The predicted octanol–water partition coefficient (Wildman–Crippen LogP) is 3.16. The second kappa shape index (κ2) is 8.69. The summed E-state index contributed by atoms with van der Waals surface area (Å²) in [6.45, 7) is 1.19. The van der Waals surface area contributed by atoms with Crippen molar-refractivity contribution in [3.05, 3.63) is 53.4 Å². The van der Waals surface area contributed by atoms with Crippen LogP contribution in [0.3, 0.4) is 0 Å². The van der Waals surface area contributed by atoms with E-state index in [1.807, 2.05) is 0 Å². The van der Waals surface area contributed by atoms with E-state index in [1.165, 1.54) is 19.2 Å². The first-order chi connectivity index (χ1) is 15.0. The molecule has 1 aromatic heterocycles. The van der Waals surface area contributed by atoms with Gasteiger partial charge < -0.3 is 20.5 Å². The van der Waals surface area contributed by atoms with Crippen molar-refractivity contribution in [2.24, 2.45) is 11.7 Å². The summed E-state index contributed by atoms with van der Waals surface area (Å²) in [6, 6.07) is 4.21. The van der Waals surface area contributed by atoms with Crippen LogP contribution in [0.2, 0.25) is 0 Å². The molecule has 2 amide bonds. The van der Waals surface area contributed by atoms with Gasteiger partial charge in [-0.1, -0.05) is 13.0 Å². The van der Waals surface area contributed by atoms with Crippen molar-refractivity contribution in [1.82, 2.24) is 4.98 Å². The Bertz CT molecular complexity index is 1050. The van der Waals surface area contributed by atoms with E-state index < -0.39 is 59.4 Å². The molecule has 32 heavy (non-hydrogen) atoms. The number of nitrogens with two attached hydrogens (primary N) is 1. The van der Waals surface area contributed by atoms with Gasteiger partial charge in [0.25, 0.3) is 11.8 Å². The van der Waals surface area contributed by atoms with E-state index in [1.54, 1.807) is 0 Å². The quantitative estimate of drug-likeness (QED) is 0.669. The zero-order chi connectivity index (χ0) is 23.8. The summed E-state index contributed by atoms with van der Waals surface area (Å²) < 4.78 is 78.5. The van der Waals surface area contributed by atoms with Crippen molar-refractivity contribution in [1.29, 1.82) is 0 Å². The molecule has 1 saturated heterocycles. The number of methoxy groups -OCH3 is 1. The monoisotopic (exact) mass is 459 g/mol. The fourth-order valence-electron chi connectivity index (χ4n) is 3.75. The van der Waals surface area contributed by atoms with Gasteiger partial charge in [-0.3, -0.25) is 14.6 Å². The van der Waals surface area contributed by atoms with Gasteiger partial charge in [-0.2, -0.15) is 17.6 Å². The molecular weight excluding hydrogens is 441 g/mol. The van der Waals surface area contributed by atoms with Crippen LogP contribution in [0, 0.1) is 17.6 Å². The van der Waals surface area contributed by atoms with E-state index in [9.17, 15) is 31.5 Å². The highest BCUT2D eigenvalue weighted by molar-refractivity contribution is 5.97. The highest BCUT2D eigenvalue weighted by atomic mass is 19.4. The molecular formula is C20H18F5N3O4. The van der Waals surface area contributed by atoms with Crippen LogP contribution >= 0.6 is 0 Å². The minimum Gasteiger partial charge on any atom is -0.493 e. The van der Waals surface area contributed by atoms with Gasteiger partial charge in [0, 0.05) is 29.3 Å². The molecule has 7 nitrogen and oxygen atoms in total. The molecule has 0 saturated carbocycles. The lowest BCUT2D eigenvalue weighted by Gasteiger charge is -2.24. The molecule has 3 N–H and O–H groups in total. The number of rotatable bonds is 5. The Balaban J connectivity index is 2.02. The van der Waals surface area contributed by atoms with Gasteiger partial charge in [0.05, 0.1) is 7.11 Å². The molecule has 2 aromatic rings. The summed E-state index contributed by atoms with van der Waals surface area (Å²) in [5.74, 6) is -7.83. The molecule has 12 heteroatoms. The van der Waals surface area contributed by atoms with Crippen molar-refractivity contribution in [2.75, 3.05) is 12.4 Å². The lowest BCUT2D eigenvalue weighted by atomic mass is 9.81. The van der Waals surface area contributed by atoms with Gasteiger partial charge in [0.15, 0.2) is 17.7 Å². The van der Waals surface area contributed by atoms with E-state index in [0.29, 0.717) is 0 Å². The molecule has 3 rings (SSSR count). The maximum absolute atomic E-state index is 14.3. The van der Waals surface area contributed by atoms with Gasteiger partial charge >= 0.3 is 6.18 Å². The summed E-state index contributed by atoms with van der Waals surface area (Å²) in [5, 5.41) is 2.35. The SMILES string of the molecule is COc1c([C@H]2[C@H](C)[C@@H](C(F)(F)F)O[C@@H]2C(=O)Nc2ccnc(C(N)=O)c2)ccc(F)c1F. The zero-order valence-corrected chi connectivity index (χ0v) is 16.7. The average Bonchev–Trinajstić information content (AvgIpc) is 3.07. The molecule has 172 valence electrons. The van der Waals surface area contributed by atoms with Crippen LogP contribution in [0.4, 0.5) is 27.6 Å². The third kappa shape index (κ3) is 4.35. The van der Waals surface area contributed by atoms with Gasteiger partial charge in [-0.05, 0) is 18.2 Å². The molecule has 0 unspecified atom stereocenters. The van der Waals surface area contributed by atoms with Crippen LogP contribution < -0.4 is 15.8 Å². The van der Waals surface area contributed by atoms with Crippen LogP contribution in [0.15, 0.2) is 30.5 Å². The minimum atomic E-state index is -4.83. The molecule has 2 heterocycles. The summed E-state index contributed by atoms with van der Waals surface area (Å²) in [5.41, 5.74) is 4.82. The van der Waals surface area contributed by atoms with Gasteiger partial charge in [0.1, 0.15) is 11.8 Å².